The van der Waals surface area contributed by atoms with Crippen LogP contribution >= 0.6 is 11.6 Å². The Hall–Kier alpha value is -4.05. The number of hydrogen-bond donors (Lipinski definition) is 2. The quantitative estimate of drug-likeness (QED) is 0.325. The third-order valence-corrected chi connectivity index (χ3v) is 5.15. The molecule has 1 heterocycles. The van der Waals surface area contributed by atoms with Crippen LogP contribution in [0.1, 0.15) is 21.5 Å². The van der Waals surface area contributed by atoms with E-state index in [-0.39, 0.29) is 17.6 Å². The zero-order chi connectivity index (χ0) is 25.0. The van der Waals surface area contributed by atoms with Crippen LogP contribution in [0.25, 0.3) is 5.69 Å². The van der Waals surface area contributed by atoms with Gasteiger partial charge < -0.3 is 10.1 Å². The number of aromatic nitrogens is 3. The molecule has 3 aromatic carbocycles. The Bertz CT molecular complexity index is 1320. The maximum absolute atomic E-state index is 12.9. The van der Waals surface area contributed by atoms with Crippen molar-refractivity contribution >= 4 is 29.4 Å². The van der Waals surface area contributed by atoms with E-state index < -0.39 is 12.3 Å². The van der Waals surface area contributed by atoms with E-state index in [4.69, 9.17) is 11.6 Å². The van der Waals surface area contributed by atoms with Gasteiger partial charge in [0.05, 0.1) is 5.69 Å². The number of amides is 1. The SMILES string of the molecule is Cc1ccccc1C(=O)Nc1nc(NCc2ccc(Cl)cc2)nn1-c1ccc(OC(F)(F)F)cc1. The van der Waals surface area contributed by atoms with Gasteiger partial charge in [0.15, 0.2) is 0 Å². The highest BCUT2D eigenvalue weighted by atomic mass is 35.5. The second-order valence-electron chi connectivity index (χ2n) is 7.46. The van der Waals surface area contributed by atoms with E-state index in [0.717, 1.165) is 23.3 Å². The Kier molecular flexibility index (Phi) is 6.92. The van der Waals surface area contributed by atoms with E-state index in [0.29, 0.717) is 22.8 Å². The molecule has 4 aromatic rings. The molecule has 4 rings (SSSR count). The summed E-state index contributed by atoms with van der Waals surface area (Å²) in [4.78, 5) is 17.2. The molecule has 180 valence electrons. The standard InChI is InChI=1S/C24H19ClF3N5O2/c1-15-4-2-3-5-20(15)21(34)30-23-31-22(29-14-16-6-8-17(25)9-7-16)32-33(23)18-10-12-19(13-11-18)35-24(26,27)28/h2-13H,14H2,1H3,(H2,29,30,31,32,34). The van der Waals surface area contributed by atoms with Crippen LogP contribution in [0.5, 0.6) is 5.75 Å². The topological polar surface area (TPSA) is 81.1 Å². The molecule has 0 spiro atoms. The van der Waals surface area contributed by atoms with Gasteiger partial charge in [-0.2, -0.15) is 9.67 Å². The lowest BCUT2D eigenvalue weighted by Crippen LogP contribution is -2.17. The number of halogens is 4. The van der Waals surface area contributed by atoms with Gasteiger partial charge in [-0.05, 0) is 60.5 Å². The first-order valence-corrected chi connectivity index (χ1v) is 10.7. The van der Waals surface area contributed by atoms with Crippen molar-refractivity contribution < 1.29 is 22.7 Å². The minimum absolute atomic E-state index is 0.0846. The zero-order valence-corrected chi connectivity index (χ0v) is 19.1. The number of ether oxygens (including phenoxy) is 1. The average Bonchev–Trinajstić information content (AvgIpc) is 3.21. The Labute approximate surface area is 203 Å². The predicted octanol–water partition coefficient (Wildman–Crippen LogP) is 5.99. The molecule has 0 bridgehead atoms. The molecule has 0 saturated carbocycles. The Morgan fingerprint density at radius 2 is 1.71 bits per heavy atom. The first kappa shape index (κ1) is 24.1. The van der Waals surface area contributed by atoms with E-state index in [9.17, 15) is 18.0 Å². The Morgan fingerprint density at radius 3 is 2.37 bits per heavy atom. The molecule has 1 aromatic heterocycles. The number of anilines is 2. The smallest absolute Gasteiger partial charge is 0.406 e. The lowest BCUT2D eigenvalue weighted by atomic mass is 10.1. The molecule has 1 amide bonds. The van der Waals surface area contributed by atoms with Gasteiger partial charge >= 0.3 is 6.36 Å². The molecule has 0 saturated heterocycles. The van der Waals surface area contributed by atoms with Gasteiger partial charge in [-0.25, -0.2) is 0 Å². The van der Waals surface area contributed by atoms with Crippen LogP contribution in [-0.2, 0) is 6.54 Å². The van der Waals surface area contributed by atoms with Gasteiger partial charge in [0.2, 0.25) is 11.9 Å². The van der Waals surface area contributed by atoms with Crippen molar-refractivity contribution in [1.29, 1.82) is 0 Å². The normalized spacial score (nSPS) is 11.2. The molecular formula is C24H19ClF3N5O2. The van der Waals surface area contributed by atoms with Crippen LogP contribution in [0.3, 0.4) is 0 Å². The Balaban J connectivity index is 1.61. The van der Waals surface area contributed by atoms with Crippen LogP contribution < -0.4 is 15.4 Å². The third-order valence-electron chi connectivity index (χ3n) is 4.90. The van der Waals surface area contributed by atoms with Crippen molar-refractivity contribution in [3.63, 3.8) is 0 Å². The van der Waals surface area contributed by atoms with Crippen molar-refractivity contribution in [3.8, 4) is 11.4 Å². The van der Waals surface area contributed by atoms with E-state index in [1.54, 1.807) is 37.3 Å². The summed E-state index contributed by atoms with van der Waals surface area (Å²) in [6.07, 6.45) is -4.81. The lowest BCUT2D eigenvalue weighted by molar-refractivity contribution is -0.274. The zero-order valence-electron chi connectivity index (χ0n) is 18.3. The van der Waals surface area contributed by atoms with Crippen molar-refractivity contribution in [2.75, 3.05) is 10.6 Å². The molecule has 0 unspecified atom stereocenters. The molecule has 0 fully saturated rings. The van der Waals surface area contributed by atoms with Crippen LogP contribution in [-0.4, -0.2) is 27.0 Å². The highest BCUT2D eigenvalue weighted by molar-refractivity contribution is 6.30. The van der Waals surface area contributed by atoms with Crippen molar-refractivity contribution in [3.05, 3.63) is 94.5 Å². The molecule has 35 heavy (non-hydrogen) atoms. The number of alkyl halides is 3. The number of carbonyl (C=O) groups is 1. The number of rotatable bonds is 7. The number of nitrogens with one attached hydrogen (secondary N) is 2. The van der Waals surface area contributed by atoms with E-state index >= 15 is 0 Å². The first-order valence-electron chi connectivity index (χ1n) is 10.4. The maximum atomic E-state index is 12.9. The maximum Gasteiger partial charge on any atom is 0.573 e. The molecule has 0 aliphatic rings. The average molecular weight is 502 g/mol. The molecule has 2 N–H and O–H groups in total. The fourth-order valence-electron chi connectivity index (χ4n) is 3.22. The van der Waals surface area contributed by atoms with Crippen molar-refractivity contribution in [2.45, 2.75) is 19.8 Å². The number of hydrogen-bond acceptors (Lipinski definition) is 5. The summed E-state index contributed by atoms with van der Waals surface area (Å²) in [5.41, 5.74) is 2.51. The van der Waals surface area contributed by atoms with E-state index in [1.807, 2.05) is 18.2 Å². The summed E-state index contributed by atoms with van der Waals surface area (Å²) >= 11 is 5.92. The summed E-state index contributed by atoms with van der Waals surface area (Å²) in [6.45, 7) is 2.18. The third kappa shape index (κ3) is 6.30. The van der Waals surface area contributed by atoms with Gasteiger partial charge in [0.1, 0.15) is 5.75 Å². The second kappa shape index (κ2) is 10.1. The summed E-state index contributed by atoms with van der Waals surface area (Å²) in [6, 6.07) is 19.3. The minimum atomic E-state index is -4.81. The monoisotopic (exact) mass is 501 g/mol. The number of carbonyl (C=O) groups excluding carboxylic acids is 1. The summed E-state index contributed by atoms with van der Waals surface area (Å²) in [5, 5.41) is 10.8. The summed E-state index contributed by atoms with van der Waals surface area (Å²) < 4.78 is 42.8. The molecule has 0 aliphatic carbocycles. The van der Waals surface area contributed by atoms with Gasteiger partial charge in [-0.1, -0.05) is 41.9 Å². The van der Waals surface area contributed by atoms with Crippen molar-refractivity contribution in [2.24, 2.45) is 0 Å². The molecule has 0 atom stereocenters. The van der Waals surface area contributed by atoms with Gasteiger partial charge in [0, 0.05) is 17.1 Å². The highest BCUT2D eigenvalue weighted by Crippen LogP contribution is 2.25. The minimum Gasteiger partial charge on any atom is -0.406 e. The fourth-order valence-corrected chi connectivity index (χ4v) is 3.34. The van der Waals surface area contributed by atoms with Gasteiger partial charge in [-0.3, -0.25) is 10.1 Å². The van der Waals surface area contributed by atoms with Crippen molar-refractivity contribution in [1.82, 2.24) is 14.8 Å². The molecule has 0 aliphatic heterocycles. The molecule has 7 nitrogen and oxygen atoms in total. The summed E-state index contributed by atoms with van der Waals surface area (Å²) in [5.74, 6) is -0.497. The largest absolute Gasteiger partial charge is 0.573 e. The molecular weight excluding hydrogens is 483 g/mol. The van der Waals surface area contributed by atoms with Crippen LogP contribution in [0.15, 0.2) is 72.8 Å². The van der Waals surface area contributed by atoms with Gasteiger partial charge in [0.25, 0.3) is 5.91 Å². The number of nitrogens with zero attached hydrogens (tertiary/aromatic N) is 3. The number of aryl methyl sites for hydroxylation is 1. The lowest BCUT2D eigenvalue weighted by Gasteiger charge is -2.11. The fraction of sp³-hybridized carbons (Fsp3) is 0.125. The molecule has 0 radical (unpaired) electrons. The highest BCUT2D eigenvalue weighted by Gasteiger charge is 2.31. The van der Waals surface area contributed by atoms with Crippen LogP contribution in [0, 0.1) is 6.92 Å². The van der Waals surface area contributed by atoms with Crippen LogP contribution in [0.4, 0.5) is 25.1 Å². The number of benzene rings is 3. The predicted molar refractivity (Wildman–Crippen MR) is 126 cm³/mol. The van der Waals surface area contributed by atoms with E-state index in [1.165, 1.54) is 16.8 Å². The molecule has 11 heteroatoms. The second-order valence-corrected chi connectivity index (χ2v) is 7.90. The Morgan fingerprint density at radius 1 is 1.03 bits per heavy atom. The van der Waals surface area contributed by atoms with Crippen LogP contribution in [0.2, 0.25) is 5.02 Å². The van der Waals surface area contributed by atoms with Gasteiger partial charge in [-0.15, -0.1) is 18.3 Å². The van der Waals surface area contributed by atoms with E-state index in [2.05, 4.69) is 25.5 Å². The summed E-state index contributed by atoms with van der Waals surface area (Å²) in [7, 11) is 0. The first-order chi connectivity index (χ1) is 16.7.